The molecule has 0 saturated heterocycles. The topological polar surface area (TPSA) is 121 Å². The quantitative estimate of drug-likeness (QED) is 0.307. The molecule has 0 atom stereocenters. The first-order valence-corrected chi connectivity index (χ1v) is 15.6. The number of amides is 1. The molecule has 4 rings (SSSR count). The second kappa shape index (κ2) is 10.8. The van der Waals surface area contributed by atoms with E-state index in [1.165, 1.54) is 6.92 Å². The molecule has 0 unspecified atom stereocenters. The molecule has 202 valence electrons. The van der Waals surface area contributed by atoms with E-state index in [-0.39, 0.29) is 26.9 Å². The molecule has 1 amide bonds. The fourth-order valence-electron chi connectivity index (χ4n) is 4.48. The number of hydrogen-bond acceptors (Lipinski definition) is 5. The Morgan fingerprint density at radius 1 is 0.763 bits per heavy atom. The van der Waals surface area contributed by atoms with Crippen molar-refractivity contribution in [3.05, 3.63) is 74.8 Å². The zero-order valence-electron chi connectivity index (χ0n) is 21.0. The van der Waals surface area contributed by atoms with Gasteiger partial charge in [-0.25, -0.2) is 16.8 Å². The maximum atomic E-state index is 13.8. The molecule has 3 N–H and O–H groups in total. The fraction of sp³-hybridized carbons (Fsp3) is 0.269. The minimum Gasteiger partial charge on any atom is -0.325 e. The van der Waals surface area contributed by atoms with Gasteiger partial charge in [0.1, 0.15) is 4.90 Å². The Labute approximate surface area is 232 Å². The summed E-state index contributed by atoms with van der Waals surface area (Å²) in [6.07, 6.45) is 2.25. The normalized spacial score (nSPS) is 13.5. The number of carbonyl (C=O) groups excluding carboxylic acids is 1. The van der Waals surface area contributed by atoms with Crippen LogP contribution >= 0.6 is 23.2 Å². The van der Waals surface area contributed by atoms with Crippen LogP contribution in [0.2, 0.25) is 10.0 Å². The van der Waals surface area contributed by atoms with Gasteiger partial charge in [-0.15, -0.1) is 0 Å². The van der Waals surface area contributed by atoms with Gasteiger partial charge >= 0.3 is 0 Å². The van der Waals surface area contributed by atoms with Crippen molar-refractivity contribution in [2.24, 2.45) is 0 Å². The predicted molar refractivity (Wildman–Crippen MR) is 151 cm³/mol. The van der Waals surface area contributed by atoms with Crippen molar-refractivity contribution in [2.45, 2.75) is 56.2 Å². The summed E-state index contributed by atoms with van der Waals surface area (Å²) in [6, 6.07) is 10.7. The minimum atomic E-state index is -4.37. The van der Waals surface area contributed by atoms with Crippen molar-refractivity contribution in [1.29, 1.82) is 0 Å². The highest BCUT2D eigenvalue weighted by molar-refractivity contribution is 7.93. The molecule has 1 aliphatic carbocycles. The lowest BCUT2D eigenvalue weighted by Gasteiger charge is -2.26. The molecule has 8 nitrogen and oxygen atoms in total. The van der Waals surface area contributed by atoms with E-state index in [0.717, 1.165) is 12.5 Å². The van der Waals surface area contributed by atoms with Crippen LogP contribution in [0.4, 0.5) is 17.1 Å². The third-order valence-electron chi connectivity index (χ3n) is 6.48. The number of rotatable bonds is 7. The average molecular weight is 597 g/mol. The second-order valence-electron chi connectivity index (χ2n) is 9.13. The Morgan fingerprint density at radius 2 is 1.24 bits per heavy atom. The van der Waals surface area contributed by atoms with E-state index in [1.54, 1.807) is 50.2 Å². The number of nitrogens with one attached hydrogen (secondary N) is 3. The molecule has 0 radical (unpaired) electrons. The smallest absolute Gasteiger partial charge is 0.264 e. The molecule has 3 aromatic rings. The highest BCUT2D eigenvalue weighted by atomic mass is 35.5. The molecule has 0 saturated carbocycles. The summed E-state index contributed by atoms with van der Waals surface area (Å²) in [7, 11) is -8.61. The van der Waals surface area contributed by atoms with Crippen molar-refractivity contribution < 1.29 is 21.6 Å². The average Bonchev–Trinajstić information content (AvgIpc) is 2.84. The van der Waals surface area contributed by atoms with Crippen molar-refractivity contribution >= 4 is 66.2 Å². The molecule has 12 heteroatoms. The van der Waals surface area contributed by atoms with Crippen molar-refractivity contribution in [2.75, 3.05) is 14.8 Å². The molecule has 0 aromatic heterocycles. The zero-order chi connectivity index (χ0) is 27.8. The van der Waals surface area contributed by atoms with Gasteiger partial charge in [0.05, 0.1) is 22.0 Å². The number of anilines is 3. The van der Waals surface area contributed by atoms with Gasteiger partial charge in [0.25, 0.3) is 20.0 Å². The van der Waals surface area contributed by atoms with Crippen LogP contribution in [0.1, 0.15) is 42.0 Å². The molecular formula is C26H27Cl2N3O5S2. The maximum Gasteiger partial charge on any atom is 0.264 e. The monoisotopic (exact) mass is 595 g/mol. The lowest BCUT2D eigenvalue weighted by molar-refractivity contribution is -0.114. The van der Waals surface area contributed by atoms with E-state index < -0.39 is 26.0 Å². The zero-order valence-corrected chi connectivity index (χ0v) is 24.1. The second-order valence-corrected chi connectivity index (χ2v) is 13.2. The third-order valence-corrected chi connectivity index (χ3v) is 10.1. The predicted octanol–water partition coefficient (Wildman–Crippen LogP) is 6.05. The molecule has 0 bridgehead atoms. The van der Waals surface area contributed by atoms with Crippen LogP contribution in [0.3, 0.4) is 0 Å². The highest BCUT2D eigenvalue weighted by Crippen LogP contribution is 2.40. The third kappa shape index (κ3) is 5.63. The Hall–Kier alpha value is -2.79. The molecule has 0 aliphatic heterocycles. The van der Waals surface area contributed by atoms with Crippen LogP contribution in [0.15, 0.2) is 52.3 Å². The van der Waals surface area contributed by atoms with Gasteiger partial charge in [0.2, 0.25) is 5.91 Å². The summed E-state index contributed by atoms with van der Waals surface area (Å²) in [5.74, 6) is -0.476. The first-order chi connectivity index (χ1) is 17.8. The Bertz CT molecular complexity index is 1660. The standard InChI is InChI=1S/C26H27Cl2N3O5S2/c1-15-20(27)10-6-12-22(15)30-37(33,34)24-14-25(26(29-17(3)32)19-9-5-4-8-18(19)24)38(35,36)31-23-13-7-11-21(28)16(23)2/h6-7,10-14,30-31H,4-5,8-9H2,1-3H3,(H,29,32). The molecular weight excluding hydrogens is 569 g/mol. The first kappa shape index (κ1) is 28.2. The van der Waals surface area contributed by atoms with E-state index in [4.69, 9.17) is 23.2 Å². The maximum absolute atomic E-state index is 13.8. The van der Waals surface area contributed by atoms with E-state index in [1.807, 2.05) is 0 Å². The number of benzene rings is 3. The van der Waals surface area contributed by atoms with Crippen LogP contribution in [-0.4, -0.2) is 22.7 Å². The molecule has 1 aliphatic rings. The van der Waals surface area contributed by atoms with E-state index >= 15 is 0 Å². The largest absolute Gasteiger partial charge is 0.325 e. The fourth-order valence-corrected chi connectivity index (χ4v) is 7.68. The number of fused-ring (bicyclic) bond motifs is 1. The van der Waals surface area contributed by atoms with Gasteiger partial charge in [-0.1, -0.05) is 35.3 Å². The van der Waals surface area contributed by atoms with Crippen LogP contribution in [-0.2, 0) is 37.7 Å². The van der Waals surface area contributed by atoms with Crippen molar-refractivity contribution in [1.82, 2.24) is 0 Å². The molecule has 0 spiro atoms. The van der Waals surface area contributed by atoms with Gasteiger partial charge in [-0.3, -0.25) is 14.2 Å². The van der Waals surface area contributed by atoms with Crippen LogP contribution in [0.25, 0.3) is 0 Å². The Balaban J connectivity index is 1.94. The molecule has 0 fully saturated rings. The van der Waals surface area contributed by atoms with Gasteiger partial charge in [0, 0.05) is 17.0 Å². The number of carbonyl (C=O) groups is 1. The van der Waals surface area contributed by atoms with Crippen molar-refractivity contribution in [3.63, 3.8) is 0 Å². The van der Waals surface area contributed by atoms with Gasteiger partial charge in [-0.05, 0) is 92.1 Å². The van der Waals surface area contributed by atoms with E-state index in [2.05, 4.69) is 14.8 Å². The number of halogens is 2. The summed E-state index contributed by atoms with van der Waals surface area (Å²) in [5, 5.41) is 3.40. The number of sulfonamides is 2. The van der Waals surface area contributed by atoms with E-state index in [9.17, 15) is 21.6 Å². The van der Waals surface area contributed by atoms with Crippen LogP contribution in [0.5, 0.6) is 0 Å². The summed E-state index contributed by atoms with van der Waals surface area (Å²) in [6.45, 7) is 4.62. The van der Waals surface area contributed by atoms with E-state index in [0.29, 0.717) is 51.6 Å². The lowest BCUT2D eigenvalue weighted by Crippen LogP contribution is -2.24. The van der Waals surface area contributed by atoms with Crippen LogP contribution in [0, 0.1) is 13.8 Å². The van der Waals surface area contributed by atoms with Crippen molar-refractivity contribution in [3.8, 4) is 0 Å². The van der Waals surface area contributed by atoms with Gasteiger partial charge < -0.3 is 5.32 Å². The molecule has 38 heavy (non-hydrogen) atoms. The highest BCUT2D eigenvalue weighted by Gasteiger charge is 2.32. The number of hydrogen-bond donors (Lipinski definition) is 3. The summed E-state index contributed by atoms with van der Waals surface area (Å²) in [4.78, 5) is 11.6. The molecule has 3 aromatic carbocycles. The van der Waals surface area contributed by atoms with Crippen LogP contribution < -0.4 is 14.8 Å². The summed E-state index contributed by atoms with van der Waals surface area (Å²) < 4.78 is 60.0. The SMILES string of the molecule is CC(=O)Nc1c(S(=O)(=O)Nc2cccc(Cl)c2C)cc(S(=O)(=O)Nc2cccc(Cl)c2C)c2c1CCCC2. The summed E-state index contributed by atoms with van der Waals surface area (Å²) >= 11 is 12.4. The van der Waals surface area contributed by atoms with Gasteiger partial charge in [0.15, 0.2) is 0 Å². The summed E-state index contributed by atoms with van der Waals surface area (Å²) in [5.41, 5.74) is 2.60. The first-order valence-electron chi connectivity index (χ1n) is 11.8. The molecule has 0 heterocycles. The Morgan fingerprint density at radius 3 is 1.74 bits per heavy atom. The Kier molecular flexibility index (Phi) is 7.99. The minimum absolute atomic E-state index is 0.0808. The van der Waals surface area contributed by atoms with Gasteiger partial charge in [-0.2, -0.15) is 0 Å². The lowest BCUT2D eigenvalue weighted by atomic mass is 9.90.